The average Bonchev–Trinajstić information content (AvgIpc) is 3.04. The van der Waals surface area contributed by atoms with E-state index in [0.29, 0.717) is 0 Å². The van der Waals surface area contributed by atoms with Crippen molar-refractivity contribution in [1.82, 2.24) is 29.9 Å². The Morgan fingerprint density at radius 1 is 1.32 bits per heavy atom. The number of nitrogens with zero attached hydrogens (tertiary/aromatic N) is 5. The summed E-state index contributed by atoms with van der Waals surface area (Å²) in [6.07, 6.45) is 3.67. The van der Waals surface area contributed by atoms with Gasteiger partial charge in [0.25, 0.3) is 0 Å². The SMILES string of the molecule is CN(C)CCn1cc(-c2ccc3nc[nH]c3c2)nn1. The molecule has 1 aromatic carbocycles. The molecule has 0 spiro atoms. The van der Waals surface area contributed by atoms with Gasteiger partial charge in [0, 0.05) is 12.1 Å². The van der Waals surface area contributed by atoms with Gasteiger partial charge in [-0.1, -0.05) is 11.3 Å². The van der Waals surface area contributed by atoms with Gasteiger partial charge in [-0.25, -0.2) is 4.98 Å². The van der Waals surface area contributed by atoms with E-state index in [2.05, 4.69) is 25.2 Å². The van der Waals surface area contributed by atoms with Crippen molar-refractivity contribution in [3.8, 4) is 11.3 Å². The normalized spacial score (nSPS) is 11.5. The molecule has 1 N–H and O–H groups in total. The summed E-state index contributed by atoms with van der Waals surface area (Å²) in [6, 6.07) is 6.05. The molecule has 0 unspecified atom stereocenters. The van der Waals surface area contributed by atoms with E-state index in [1.165, 1.54) is 0 Å². The summed E-state index contributed by atoms with van der Waals surface area (Å²) in [6.45, 7) is 1.79. The largest absolute Gasteiger partial charge is 0.345 e. The Balaban J connectivity index is 1.85. The molecule has 6 nitrogen and oxygen atoms in total. The minimum atomic E-state index is 0.840. The zero-order valence-electron chi connectivity index (χ0n) is 11.0. The number of rotatable bonds is 4. The van der Waals surface area contributed by atoms with Crippen LogP contribution in [0.5, 0.6) is 0 Å². The van der Waals surface area contributed by atoms with E-state index in [1.807, 2.05) is 43.2 Å². The lowest BCUT2D eigenvalue weighted by Gasteiger charge is -2.07. The summed E-state index contributed by atoms with van der Waals surface area (Å²) in [4.78, 5) is 9.43. The number of fused-ring (bicyclic) bond motifs is 1. The van der Waals surface area contributed by atoms with Crippen molar-refractivity contribution in [3.63, 3.8) is 0 Å². The molecule has 98 valence electrons. The Kier molecular flexibility index (Phi) is 3.00. The molecule has 0 bridgehead atoms. The summed E-state index contributed by atoms with van der Waals surface area (Å²) in [5.41, 5.74) is 3.91. The van der Waals surface area contributed by atoms with Crippen molar-refractivity contribution in [2.45, 2.75) is 6.54 Å². The van der Waals surface area contributed by atoms with Crippen LogP contribution < -0.4 is 0 Å². The maximum atomic E-state index is 4.22. The maximum absolute atomic E-state index is 4.22. The molecule has 0 aliphatic rings. The van der Waals surface area contributed by atoms with Gasteiger partial charge < -0.3 is 9.88 Å². The summed E-state index contributed by atoms with van der Waals surface area (Å²) in [5.74, 6) is 0. The first-order valence-electron chi connectivity index (χ1n) is 6.21. The van der Waals surface area contributed by atoms with E-state index in [9.17, 15) is 0 Å². The van der Waals surface area contributed by atoms with Crippen LogP contribution in [0.2, 0.25) is 0 Å². The van der Waals surface area contributed by atoms with Gasteiger partial charge in [-0.15, -0.1) is 5.10 Å². The fourth-order valence-corrected chi connectivity index (χ4v) is 1.94. The monoisotopic (exact) mass is 256 g/mol. The van der Waals surface area contributed by atoms with Crippen LogP contribution in [0.4, 0.5) is 0 Å². The Morgan fingerprint density at radius 3 is 3.05 bits per heavy atom. The van der Waals surface area contributed by atoms with Crippen molar-refractivity contribution in [2.24, 2.45) is 0 Å². The molecule has 0 atom stereocenters. The molecule has 0 radical (unpaired) electrons. The third kappa shape index (κ3) is 2.48. The molecular weight excluding hydrogens is 240 g/mol. The average molecular weight is 256 g/mol. The third-order valence-corrected chi connectivity index (χ3v) is 3.03. The molecule has 0 saturated carbocycles. The first-order chi connectivity index (χ1) is 9.22. The van der Waals surface area contributed by atoms with Crippen LogP contribution in [0.25, 0.3) is 22.3 Å². The van der Waals surface area contributed by atoms with Crippen LogP contribution in [0.3, 0.4) is 0 Å². The number of benzene rings is 1. The van der Waals surface area contributed by atoms with Gasteiger partial charge in [-0.2, -0.15) is 0 Å². The second-order valence-electron chi connectivity index (χ2n) is 4.80. The molecule has 3 aromatic rings. The maximum Gasteiger partial charge on any atom is 0.113 e. The molecule has 0 saturated heterocycles. The van der Waals surface area contributed by atoms with Gasteiger partial charge in [0.05, 0.1) is 30.1 Å². The fraction of sp³-hybridized carbons (Fsp3) is 0.308. The zero-order valence-corrected chi connectivity index (χ0v) is 11.0. The highest BCUT2D eigenvalue weighted by Crippen LogP contribution is 2.20. The van der Waals surface area contributed by atoms with Gasteiger partial charge in [0.1, 0.15) is 5.69 Å². The Hall–Kier alpha value is -2.21. The predicted molar refractivity (Wildman–Crippen MR) is 73.7 cm³/mol. The number of aromatic amines is 1. The van der Waals surface area contributed by atoms with E-state index in [-0.39, 0.29) is 0 Å². The summed E-state index contributed by atoms with van der Waals surface area (Å²) < 4.78 is 1.87. The summed E-state index contributed by atoms with van der Waals surface area (Å²) >= 11 is 0. The first kappa shape index (κ1) is 11.9. The smallest absolute Gasteiger partial charge is 0.113 e. The lowest BCUT2D eigenvalue weighted by molar-refractivity contribution is 0.370. The molecule has 2 heterocycles. The second-order valence-corrected chi connectivity index (χ2v) is 4.80. The van der Waals surface area contributed by atoms with Crippen LogP contribution in [0.1, 0.15) is 0 Å². The number of imidazole rings is 1. The number of aromatic nitrogens is 5. The number of nitrogens with one attached hydrogen (secondary N) is 1. The predicted octanol–water partition coefficient (Wildman–Crippen LogP) is 1.38. The van der Waals surface area contributed by atoms with E-state index in [0.717, 1.165) is 35.4 Å². The minimum absolute atomic E-state index is 0.840. The third-order valence-electron chi connectivity index (χ3n) is 3.03. The van der Waals surface area contributed by atoms with Crippen LogP contribution in [-0.4, -0.2) is 50.5 Å². The van der Waals surface area contributed by atoms with Gasteiger partial charge >= 0.3 is 0 Å². The van der Waals surface area contributed by atoms with Crippen LogP contribution in [-0.2, 0) is 6.54 Å². The van der Waals surface area contributed by atoms with Crippen molar-refractivity contribution in [2.75, 3.05) is 20.6 Å². The first-order valence-corrected chi connectivity index (χ1v) is 6.21. The van der Waals surface area contributed by atoms with Crippen LogP contribution >= 0.6 is 0 Å². The standard InChI is InChI=1S/C13H16N6/c1-18(2)5-6-19-8-13(16-17-19)10-3-4-11-12(7-10)15-9-14-11/h3-4,7-9H,5-6H2,1-2H3,(H,14,15). The number of hydrogen-bond acceptors (Lipinski definition) is 4. The number of likely N-dealkylation sites (N-methyl/N-ethyl adjacent to an activating group) is 1. The van der Waals surface area contributed by atoms with Crippen molar-refractivity contribution in [3.05, 3.63) is 30.7 Å². The van der Waals surface area contributed by atoms with Gasteiger partial charge in [0.2, 0.25) is 0 Å². The molecule has 3 rings (SSSR count). The summed E-state index contributed by atoms with van der Waals surface area (Å²) in [7, 11) is 4.09. The Labute approximate surface area is 111 Å². The van der Waals surface area contributed by atoms with Crippen LogP contribution in [0, 0.1) is 0 Å². The number of H-pyrrole nitrogens is 1. The molecule has 0 fully saturated rings. The quantitative estimate of drug-likeness (QED) is 0.766. The minimum Gasteiger partial charge on any atom is -0.345 e. The number of hydrogen-bond donors (Lipinski definition) is 1. The lowest BCUT2D eigenvalue weighted by Crippen LogP contribution is -2.18. The highest BCUT2D eigenvalue weighted by atomic mass is 15.4. The van der Waals surface area contributed by atoms with Gasteiger partial charge in [0.15, 0.2) is 0 Å². The fourth-order valence-electron chi connectivity index (χ4n) is 1.94. The molecule has 6 heteroatoms. The molecule has 19 heavy (non-hydrogen) atoms. The van der Waals surface area contributed by atoms with E-state index in [1.54, 1.807) is 6.33 Å². The Bertz CT molecular complexity index is 681. The molecule has 0 amide bonds. The topological polar surface area (TPSA) is 62.6 Å². The zero-order chi connectivity index (χ0) is 13.2. The summed E-state index contributed by atoms with van der Waals surface area (Å²) in [5, 5.41) is 8.36. The lowest BCUT2D eigenvalue weighted by atomic mass is 10.1. The highest BCUT2D eigenvalue weighted by molar-refractivity contribution is 5.80. The van der Waals surface area contributed by atoms with Crippen molar-refractivity contribution >= 4 is 11.0 Å². The van der Waals surface area contributed by atoms with Crippen molar-refractivity contribution in [1.29, 1.82) is 0 Å². The highest BCUT2D eigenvalue weighted by Gasteiger charge is 2.06. The van der Waals surface area contributed by atoms with Gasteiger partial charge in [-0.3, -0.25) is 4.68 Å². The molecule has 2 aromatic heterocycles. The van der Waals surface area contributed by atoms with E-state index >= 15 is 0 Å². The molecule has 0 aliphatic heterocycles. The molecular formula is C13H16N6. The van der Waals surface area contributed by atoms with Crippen LogP contribution in [0.15, 0.2) is 30.7 Å². The van der Waals surface area contributed by atoms with Gasteiger partial charge in [-0.05, 0) is 26.2 Å². The molecule has 0 aliphatic carbocycles. The van der Waals surface area contributed by atoms with Crippen molar-refractivity contribution < 1.29 is 0 Å². The Morgan fingerprint density at radius 2 is 2.21 bits per heavy atom. The van der Waals surface area contributed by atoms with E-state index < -0.39 is 0 Å². The van der Waals surface area contributed by atoms with E-state index in [4.69, 9.17) is 0 Å². The second kappa shape index (κ2) is 4.81.